The molecule has 1 aromatic rings. The SMILES string of the molecule is COC(Sc1ccccc1)(C(=O)O)C(F)(F)F. The summed E-state index contributed by atoms with van der Waals surface area (Å²) in [6.45, 7) is 0. The second-order valence-electron chi connectivity index (χ2n) is 3.04. The second-order valence-corrected chi connectivity index (χ2v) is 4.29. The molecule has 1 unspecified atom stereocenters. The van der Waals surface area contributed by atoms with Crippen molar-refractivity contribution in [2.24, 2.45) is 0 Å². The largest absolute Gasteiger partial charge is 0.478 e. The van der Waals surface area contributed by atoms with Crippen molar-refractivity contribution in [1.82, 2.24) is 0 Å². The highest BCUT2D eigenvalue weighted by Gasteiger charge is 2.63. The molecule has 1 atom stereocenters. The number of carbonyl (C=O) groups is 1. The minimum absolute atomic E-state index is 0.104. The summed E-state index contributed by atoms with van der Waals surface area (Å²) in [6, 6.07) is 7.41. The van der Waals surface area contributed by atoms with E-state index in [1.54, 1.807) is 6.07 Å². The van der Waals surface area contributed by atoms with Gasteiger partial charge in [-0.1, -0.05) is 30.0 Å². The summed E-state index contributed by atoms with van der Waals surface area (Å²) in [6.07, 6.45) is -5.02. The summed E-state index contributed by atoms with van der Waals surface area (Å²) >= 11 is 0.104. The minimum Gasteiger partial charge on any atom is -0.478 e. The van der Waals surface area contributed by atoms with Crippen LogP contribution in [0.15, 0.2) is 35.2 Å². The van der Waals surface area contributed by atoms with Gasteiger partial charge in [0.05, 0.1) is 0 Å². The van der Waals surface area contributed by atoms with E-state index in [-0.39, 0.29) is 16.7 Å². The standard InChI is InChI=1S/C10H9F3O3S/c1-16-9(8(14)15,10(11,12)13)17-7-5-3-2-4-6-7/h2-6H,1H3,(H,14,15). The van der Waals surface area contributed by atoms with Gasteiger partial charge in [-0.15, -0.1) is 0 Å². The maximum absolute atomic E-state index is 12.8. The van der Waals surface area contributed by atoms with Crippen LogP contribution in [0.25, 0.3) is 0 Å². The predicted molar refractivity (Wildman–Crippen MR) is 55.7 cm³/mol. The molecule has 0 aliphatic heterocycles. The average Bonchev–Trinajstić information content (AvgIpc) is 2.25. The van der Waals surface area contributed by atoms with E-state index < -0.39 is 17.1 Å². The number of benzene rings is 1. The number of thioether (sulfide) groups is 1. The minimum atomic E-state index is -5.02. The molecule has 0 spiro atoms. The number of ether oxygens (including phenoxy) is 1. The van der Waals surface area contributed by atoms with Gasteiger partial charge in [0.2, 0.25) is 0 Å². The van der Waals surface area contributed by atoms with E-state index in [0.29, 0.717) is 0 Å². The van der Waals surface area contributed by atoms with Gasteiger partial charge in [0.25, 0.3) is 0 Å². The Morgan fingerprint density at radius 1 is 1.29 bits per heavy atom. The van der Waals surface area contributed by atoms with E-state index in [2.05, 4.69) is 4.74 Å². The van der Waals surface area contributed by atoms with Crippen LogP contribution < -0.4 is 0 Å². The Morgan fingerprint density at radius 2 is 1.82 bits per heavy atom. The van der Waals surface area contributed by atoms with Crippen molar-refractivity contribution in [1.29, 1.82) is 0 Å². The molecule has 3 nitrogen and oxygen atoms in total. The molecule has 0 aliphatic carbocycles. The maximum atomic E-state index is 12.8. The Morgan fingerprint density at radius 3 is 2.18 bits per heavy atom. The van der Waals surface area contributed by atoms with Crippen molar-refractivity contribution < 1.29 is 27.8 Å². The molecule has 1 N–H and O–H groups in total. The topological polar surface area (TPSA) is 46.5 Å². The fraction of sp³-hybridized carbons (Fsp3) is 0.300. The van der Waals surface area contributed by atoms with Crippen molar-refractivity contribution in [3.05, 3.63) is 30.3 Å². The number of hydrogen-bond acceptors (Lipinski definition) is 3. The molecule has 0 aromatic heterocycles. The number of carboxylic acids is 1. The first-order valence-electron chi connectivity index (χ1n) is 4.43. The third-order valence-corrected chi connectivity index (χ3v) is 3.32. The summed E-state index contributed by atoms with van der Waals surface area (Å²) in [5.41, 5.74) is 0. The van der Waals surface area contributed by atoms with Crippen molar-refractivity contribution in [2.45, 2.75) is 16.0 Å². The second kappa shape index (κ2) is 4.97. The number of carboxylic acid groups (broad SMARTS) is 1. The number of rotatable bonds is 4. The number of hydrogen-bond donors (Lipinski definition) is 1. The van der Waals surface area contributed by atoms with Crippen LogP contribution in [0.4, 0.5) is 13.2 Å². The van der Waals surface area contributed by atoms with E-state index >= 15 is 0 Å². The molecule has 0 bridgehead atoms. The van der Waals surface area contributed by atoms with E-state index in [9.17, 15) is 18.0 Å². The van der Waals surface area contributed by atoms with Gasteiger partial charge in [0, 0.05) is 12.0 Å². The van der Waals surface area contributed by atoms with Crippen LogP contribution in [0.1, 0.15) is 0 Å². The van der Waals surface area contributed by atoms with Crippen LogP contribution in [-0.4, -0.2) is 29.3 Å². The van der Waals surface area contributed by atoms with Crippen LogP contribution in [0.3, 0.4) is 0 Å². The molecule has 0 amide bonds. The third kappa shape index (κ3) is 2.73. The van der Waals surface area contributed by atoms with E-state index in [0.717, 1.165) is 7.11 Å². The summed E-state index contributed by atoms with van der Waals surface area (Å²) in [7, 11) is 0.720. The summed E-state index contributed by atoms with van der Waals surface area (Å²) in [4.78, 5) is 7.72. The van der Waals surface area contributed by atoms with Gasteiger partial charge in [-0.2, -0.15) is 13.2 Å². The molecule has 0 saturated carbocycles. The zero-order valence-corrected chi connectivity index (χ0v) is 9.51. The Labute approximate surface area is 99.6 Å². The van der Waals surface area contributed by atoms with Crippen LogP contribution in [0.2, 0.25) is 0 Å². The molecular weight excluding hydrogens is 257 g/mol. The third-order valence-electron chi connectivity index (χ3n) is 1.95. The fourth-order valence-electron chi connectivity index (χ4n) is 1.12. The predicted octanol–water partition coefficient (Wildman–Crippen LogP) is 2.77. The lowest BCUT2D eigenvalue weighted by Crippen LogP contribution is -2.50. The van der Waals surface area contributed by atoms with Gasteiger partial charge in [-0.05, 0) is 12.1 Å². The highest BCUT2D eigenvalue weighted by atomic mass is 32.2. The molecule has 0 saturated heterocycles. The highest BCUT2D eigenvalue weighted by Crippen LogP contribution is 2.45. The quantitative estimate of drug-likeness (QED) is 0.672. The van der Waals surface area contributed by atoms with Crippen LogP contribution >= 0.6 is 11.8 Å². The summed E-state index contributed by atoms with van der Waals surface area (Å²) in [5.74, 6) is -2.08. The molecule has 94 valence electrons. The van der Waals surface area contributed by atoms with Gasteiger partial charge >= 0.3 is 17.1 Å². The van der Waals surface area contributed by atoms with Crippen molar-refractivity contribution in [3.8, 4) is 0 Å². The van der Waals surface area contributed by atoms with E-state index in [1.807, 2.05) is 0 Å². The molecule has 1 aromatic carbocycles. The van der Waals surface area contributed by atoms with Crippen LogP contribution in [0, 0.1) is 0 Å². The average molecular weight is 266 g/mol. The molecule has 0 heterocycles. The first kappa shape index (κ1) is 13.9. The number of methoxy groups -OCH3 is 1. The Hall–Kier alpha value is -1.21. The first-order chi connectivity index (χ1) is 7.83. The van der Waals surface area contributed by atoms with E-state index in [1.165, 1.54) is 24.3 Å². The molecule has 17 heavy (non-hydrogen) atoms. The first-order valence-corrected chi connectivity index (χ1v) is 5.24. The normalized spacial score (nSPS) is 15.3. The van der Waals surface area contributed by atoms with Crippen LogP contribution in [0.5, 0.6) is 0 Å². The molecule has 7 heteroatoms. The number of aliphatic carboxylic acids is 1. The fourth-order valence-corrected chi connectivity index (χ4v) is 2.03. The van der Waals surface area contributed by atoms with Gasteiger partial charge in [-0.3, -0.25) is 0 Å². The highest BCUT2D eigenvalue weighted by molar-refractivity contribution is 8.01. The molecule has 1 rings (SSSR count). The van der Waals surface area contributed by atoms with Gasteiger partial charge < -0.3 is 9.84 Å². The Bertz CT molecular complexity index is 394. The molecule has 0 radical (unpaired) electrons. The monoisotopic (exact) mass is 266 g/mol. The van der Waals surface area contributed by atoms with Crippen molar-refractivity contribution in [2.75, 3.05) is 7.11 Å². The van der Waals surface area contributed by atoms with Gasteiger partial charge in [0.15, 0.2) is 0 Å². The maximum Gasteiger partial charge on any atom is 0.438 e. The molecule has 0 aliphatic rings. The lowest BCUT2D eigenvalue weighted by molar-refractivity contribution is -0.234. The summed E-state index contributed by atoms with van der Waals surface area (Å²) in [5, 5.41) is 8.75. The van der Waals surface area contributed by atoms with Crippen LogP contribution in [-0.2, 0) is 9.53 Å². The Kier molecular flexibility index (Phi) is 4.05. The molecular formula is C10H9F3O3S. The lowest BCUT2D eigenvalue weighted by Gasteiger charge is -2.29. The summed E-state index contributed by atoms with van der Waals surface area (Å²) < 4.78 is 42.6. The smallest absolute Gasteiger partial charge is 0.438 e. The lowest BCUT2D eigenvalue weighted by atomic mass is 10.3. The van der Waals surface area contributed by atoms with Gasteiger partial charge in [0.1, 0.15) is 0 Å². The Balaban J connectivity index is 3.13. The van der Waals surface area contributed by atoms with E-state index in [4.69, 9.17) is 5.11 Å². The van der Waals surface area contributed by atoms with Crippen molar-refractivity contribution >= 4 is 17.7 Å². The zero-order valence-electron chi connectivity index (χ0n) is 8.69. The van der Waals surface area contributed by atoms with Crippen molar-refractivity contribution in [3.63, 3.8) is 0 Å². The zero-order chi connectivity index (χ0) is 13.1. The number of halogens is 3. The number of alkyl halides is 3. The van der Waals surface area contributed by atoms with Gasteiger partial charge in [-0.25, -0.2) is 4.79 Å². The molecule has 0 fully saturated rings.